The smallest absolute Gasteiger partial charge is 0.303 e. The van der Waals surface area contributed by atoms with Crippen molar-refractivity contribution in [2.75, 3.05) is 0 Å². The van der Waals surface area contributed by atoms with E-state index in [-0.39, 0.29) is 17.9 Å². The zero-order chi connectivity index (χ0) is 9.78. The Morgan fingerprint density at radius 3 is 2.33 bits per heavy atom. The summed E-state index contributed by atoms with van der Waals surface area (Å²) in [5.41, 5.74) is 5.60. The first-order chi connectivity index (χ1) is 5.46. The second-order valence-corrected chi connectivity index (χ2v) is 3.59. The van der Waals surface area contributed by atoms with Gasteiger partial charge in [-0.05, 0) is 18.3 Å². The van der Waals surface area contributed by atoms with Crippen LogP contribution in [0.4, 0.5) is 0 Å². The third-order valence-corrected chi connectivity index (χ3v) is 2.70. The van der Waals surface area contributed by atoms with Crippen LogP contribution in [0.25, 0.3) is 0 Å². The number of carboxylic acids is 1. The molecule has 0 saturated heterocycles. The van der Waals surface area contributed by atoms with Gasteiger partial charge in [-0.1, -0.05) is 20.8 Å². The van der Waals surface area contributed by atoms with E-state index in [9.17, 15) is 4.79 Å². The molecule has 12 heavy (non-hydrogen) atoms. The monoisotopic (exact) mass is 173 g/mol. The highest BCUT2D eigenvalue weighted by Gasteiger charge is 2.31. The van der Waals surface area contributed by atoms with E-state index < -0.39 is 5.97 Å². The fourth-order valence-electron chi connectivity index (χ4n) is 1.36. The highest BCUT2D eigenvalue weighted by atomic mass is 16.4. The van der Waals surface area contributed by atoms with Crippen LogP contribution in [0.2, 0.25) is 0 Å². The maximum Gasteiger partial charge on any atom is 0.303 e. The second-order valence-electron chi connectivity index (χ2n) is 3.59. The lowest BCUT2D eigenvalue weighted by Crippen LogP contribution is -2.40. The number of hydrogen-bond acceptors (Lipinski definition) is 2. The van der Waals surface area contributed by atoms with E-state index in [4.69, 9.17) is 10.8 Å². The lowest BCUT2D eigenvalue weighted by molar-refractivity contribution is -0.140. The van der Waals surface area contributed by atoms with Crippen LogP contribution in [0.15, 0.2) is 0 Å². The van der Waals surface area contributed by atoms with Crippen molar-refractivity contribution >= 4 is 5.97 Å². The summed E-state index contributed by atoms with van der Waals surface area (Å²) < 4.78 is 0. The van der Waals surface area contributed by atoms with Gasteiger partial charge in [-0.2, -0.15) is 0 Å². The van der Waals surface area contributed by atoms with Gasteiger partial charge in [-0.25, -0.2) is 0 Å². The van der Waals surface area contributed by atoms with E-state index in [0.717, 1.165) is 12.8 Å². The first-order valence-electron chi connectivity index (χ1n) is 4.43. The lowest BCUT2D eigenvalue weighted by atomic mass is 9.76. The number of aliphatic carboxylic acids is 1. The van der Waals surface area contributed by atoms with Gasteiger partial charge in [-0.3, -0.25) is 4.79 Å². The highest BCUT2D eigenvalue weighted by Crippen LogP contribution is 2.30. The van der Waals surface area contributed by atoms with Crippen LogP contribution in [0, 0.1) is 5.41 Å². The number of carbonyl (C=O) groups is 1. The van der Waals surface area contributed by atoms with Crippen molar-refractivity contribution in [2.45, 2.75) is 46.1 Å². The second kappa shape index (κ2) is 4.45. The third-order valence-electron chi connectivity index (χ3n) is 2.70. The molecule has 0 aliphatic heterocycles. The summed E-state index contributed by atoms with van der Waals surface area (Å²) in [5, 5.41) is 8.67. The van der Waals surface area contributed by atoms with Crippen molar-refractivity contribution in [1.29, 1.82) is 0 Å². The average Bonchev–Trinajstić information content (AvgIpc) is 2.01. The van der Waals surface area contributed by atoms with E-state index >= 15 is 0 Å². The Kier molecular flexibility index (Phi) is 4.24. The summed E-state index contributed by atoms with van der Waals surface area (Å²) >= 11 is 0. The minimum Gasteiger partial charge on any atom is -0.481 e. The molecule has 3 nitrogen and oxygen atoms in total. The minimum absolute atomic E-state index is 0.0152. The standard InChI is InChI=1S/C9H19NO2/c1-4-7(10)9(3,5-2)6-8(11)12/h7H,4-6,10H2,1-3H3,(H,11,12). The summed E-state index contributed by atoms with van der Waals surface area (Å²) in [5.74, 6) is -0.761. The molecule has 0 rings (SSSR count). The molecule has 2 atom stereocenters. The number of hydrogen-bond donors (Lipinski definition) is 2. The molecule has 3 N–H and O–H groups in total. The van der Waals surface area contributed by atoms with E-state index in [1.54, 1.807) is 0 Å². The summed E-state index contributed by atoms with van der Waals surface area (Å²) in [6.07, 6.45) is 1.81. The molecule has 3 heteroatoms. The third kappa shape index (κ3) is 2.81. The zero-order valence-electron chi connectivity index (χ0n) is 8.13. The van der Waals surface area contributed by atoms with Crippen molar-refractivity contribution in [3.05, 3.63) is 0 Å². The van der Waals surface area contributed by atoms with Gasteiger partial charge in [0.15, 0.2) is 0 Å². The Morgan fingerprint density at radius 2 is 2.08 bits per heavy atom. The van der Waals surface area contributed by atoms with Crippen molar-refractivity contribution in [1.82, 2.24) is 0 Å². The Hall–Kier alpha value is -0.570. The molecular weight excluding hydrogens is 154 g/mol. The van der Waals surface area contributed by atoms with Gasteiger partial charge in [0, 0.05) is 6.04 Å². The maximum atomic E-state index is 10.5. The van der Waals surface area contributed by atoms with Crippen LogP contribution in [-0.2, 0) is 4.79 Å². The summed E-state index contributed by atoms with van der Waals surface area (Å²) in [7, 11) is 0. The van der Waals surface area contributed by atoms with Gasteiger partial charge >= 0.3 is 5.97 Å². The fraction of sp³-hybridized carbons (Fsp3) is 0.889. The topological polar surface area (TPSA) is 63.3 Å². The minimum atomic E-state index is -0.761. The molecule has 0 aromatic rings. The summed E-state index contributed by atoms with van der Waals surface area (Å²) in [4.78, 5) is 10.5. The largest absolute Gasteiger partial charge is 0.481 e. The molecular formula is C9H19NO2. The first-order valence-corrected chi connectivity index (χ1v) is 4.43. The van der Waals surface area contributed by atoms with Gasteiger partial charge in [0.1, 0.15) is 0 Å². The SMILES string of the molecule is CCC(N)C(C)(CC)CC(=O)O. The van der Waals surface area contributed by atoms with Crippen LogP contribution in [0.1, 0.15) is 40.0 Å². The van der Waals surface area contributed by atoms with Gasteiger partial charge < -0.3 is 10.8 Å². The number of carboxylic acid groups (broad SMARTS) is 1. The Labute approximate surface area is 74.0 Å². The number of nitrogens with two attached hydrogens (primary N) is 1. The van der Waals surface area contributed by atoms with Crippen molar-refractivity contribution in [3.63, 3.8) is 0 Å². The normalized spacial score (nSPS) is 18.3. The molecule has 0 aliphatic carbocycles. The Morgan fingerprint density at radius 1 is 1.58 bits per heavy atom. The van der Waals surface area contributed by atoms with Crippen molar-refractivity contribution < 1.29 is 9.90 Å². The van der Waals surface area contributed by atoms with Crippen molar-refractivity contribution in [2.24, 2.45) is 11.1 Å². The summed E-state index contributed by atoms with van der Waals surface area (Å²) in [6, 6.07) is -0.0152. The molecule has 0 radical (unpaired) electrons. The first kappa shape index (κ1) is 11.4. The van der Waals surface area contributed by atoms with E-state index in [1.165, 1.54) is 0 Å². The molecule has 0 aromatic carbocycles. The fourth-order valence-corrected chi connectivity index (χ4v) is 1.36. The predicted molar refractivity (Wildman–Crippen MR) is 48.9 cm³/mol. The highest BCUT2D eigenvalue weighted by molar-refractivity contribution is 5.67. The molecule has 0 aliphatic rings. The molecule has 0 saturated carbocycles. The molecule has 72 valence electrons. The molecule has 0 bridgehead atoms. The van der Waals surface area contributed by atoms with Crippen molar-refractivity contribution in [3.8, 4) is 0 Å². The zero-order valence-corrected chi connectivity index (χ0v) is 8.13. The molecule has 0 fully saturated rings. The maximum absolute atomic E-state index is 10.5. The van der Waals surface area contributed by atoms with Crippen LogP contribution < -0.4 is 5.73 Å². The van der Waals surface area contributed by atoms with Crippen LogP contribution >= 0.6 is 0 Å². The summed E-state index contributed by atoms with van der Waals surface area (Å²) in [6.45, 7) is 5.91. The lowest BCUT2D eigenvalue weighted by Gasteiger charge is -2.32. The molecule has 0 heterocycles. The average molecular weight is 173 g/mol. The molecule has 0 amide bonds. The van der Waals surface area contributed by atoms with Crippen LogP contribution in [-0.4, -0.2) is 17.1 Å². The molecule has 2 unspecified atom stereocenters. The van der Waals surface area contributed by atoms with Crippen LogP contribution in [0.3, 0.4) is 0 Å². The van der Waals surface area contributed by atoms with E-state index in [1.807, 2.05) is 20.8 Å². The predicted octanol–water partition coefficient (Wildman–Crippen LogP) is 1.61. The van der Waals surface area contributed by atoms with Crippen LogP contribution in [0.5, 0.6) is 0 Å². The molecule has 0 spiro atoms. The Balaban J connectivity index is 4.32. The molecule has 0 aromatic heterocycles. The quantitative estimate of drug-likeness (QED) is 0.664. The van der Waals surface area contributed by atoms with E-state index in [2.05, 4.69) is 0 Å². The Bertz CT molecular complexity index is 159. The van der Waals surface area contributed by atoms with Gasteiger partial charge in [0.25, 0.3) is 0 Å². The van der Waals surface area contributed by atoms with Gasteiger partial charge in [0.2, 0.25) is 0 Å². The van der Waals surface area contributed by atoms with Gasteiger partial charge in [0.05, 0.1) is 6.42 Å². The van der Waals surface area contributed by atoms with Gasteiger partial charge in [-0.15, -0.1) is 0 Å². The number of rotatable bonds is 5. The van der Waals surface area contributed by atoms with E-state index in [0.29, 0.717) is 0 Å².